The van der Waals surface area contributed by atoms with Gasteiger partial charge >= 0.3 is 0 Å². The van der Waals surface area contributed by atoms with E-state index in [-0.39, 0.29) is 34.6 Å². The molecule has 2 aliphatic heterocycles. The molecule has 0 radical (unpaired) electrons. The standard InChI is InChI=1S/C20H29N3O4S/c1-20(2,3)23-14-16(12-18(23)24)19(25)21-13-15-6-8-17(9-7-15)28(26,27)22-10-4-5-11-22/h6-9,16H,4-5,10-14H2,1-3H3,(H,21,25)/t16-/m1/s1. The van der Waals surface area contributed by atoms with Crippen LogP contribution in [0.1, 0.15) is 45.6 Å². The second-order valence-electron chi connectivity index (χ2n) is 8.55. The number of benzene rings is 1. The zero-order valence-electron chi connectivity index (χ0n) is 16.8. The Hall–Kier alpha value is -1.93. The number of rotatable bonds is 5. The number of hydrogen-bond acceptors (Lipinski definition) is 4. The minimum Gasteiger partial charge on any atom is -0.352 e. The normalized spacial score (nSPS) is 21.3. The van der Waals surface area contributed by atoms with E-state index in [0.29, 0.717) is 26.2 Å². The van der Waals surface area contributed by atoms with Crippen molar-refractivity contribution in [3.63, 3.8) is 0 Å². The van der Waals surface area contributed by atoms with Gasteiger partial charge in [0.15, 0.2) is 0 Å². The Kier molecular flexibility index (Phi) is 5.82. The molecule has 0 aromatic heterocycles. The second kappa shape index (κ2) is 7.83. The topological polar surface area (TPSA) is 86.8 Å². The van der Waals surface area contributed by atoms with Crippen molar-refractivity contribution in [2.75, 3.05) is 19.6 Å². The van der Waals surface area contributed by atoms with Crippen molar-refractivity contribution in [1.82, 2.24) is 14.5 Å². The van der Waals surface area contributed by atoms with Crippen LogP contribution < -0.4 is 5.32 Å². The Morgan fingerprint density at radius 3 is 2.29 bits per heavy atom. The van der Waals surface area contributed by atoms with Crippen molar-refractivity contribution in [3.05, 3.63) is 29.8 Å². The SMILES string of the molecule is CC(C)(C)N1C[C@H](C(=O)NCc2ccc(S(=O)(=O)N3CCCC3)cc2)CC1=O. The van der Waals surface area contributed by atoms with Crippen LogP contribution in [-0.4, -0.2) is 54.6 Å². The fraction of sp³-hybridized carbons (Fsp3) is 0.600. The summed E-state index contributed by atoms with van der Waals surface area (Å²) >= 11 is 0. The zero-order chi connectivity index (χ0) is 20.5. The lowest BCUT2D eigenvalue weighted by Gasteiger charge is -2.31. The molecule has 1 aromatic carbocycles. The van der Waals surface area contributed by atoms with Crippen molar-refractivity contribution in [2.45, 2.75) is 57.0 Å². The summed E-state index contributed by atoms with van der Waals surface area (Å²) in [6.07, 6.45) is 2.04. The summed E-state index contributed by atoms with van der Waals surface area (Å²) in [4.78, 5) is 26.6. The van der Waals surface area contributed by atoms with Gasteiger partial charge in [-0.15, -0.1) is 0 Å². The number of likely N-dealkylation sites (tertiary alicyclic amines) is 1. The third-order valence-electron chi connectivity index (χ3n) is 5.40. The summed E-state index contributed by atoms with van der Waals surface area (Å²) in [5.74, 6) is -0.487. The van der Waals surface area contributed by atoms with Gasteiger partial charge in [-0.3, -0.25) is 9.59 Å². The molecular weight excluding hydrogens is 378 g/mol. The highest BCUT2D eigenvalue weighted by Crippen LogP contribution is 2.26. The first kappa shape index (κ1) is 20.8. The van der Waals surface area contributed by atoms with E-state index in [0.717, 1.165) is 18.4 Å². The van der Waals surface area contributed by atoms with Crippen molar-refractivity contribution in [3.8, 4) is 0 Å². The Morgan fingerprint density at radius 1 is 1.14 bits per heavy atom. The van der Waals surface area contributed by atoms with E-state index in [1.54, 1.807) is 29.2 Å². The molecule has 2 heterocycles. The van der Waals surface area contributed by atoms with E-state index >= 15 is 0 Å². The van der Waals surface area contributed by atoms with Crippen LogP contribution in [0.2, 0.25) is 0 Å². The molecule has 2 amide bonds. The molecule has 2 fully saturated rings. The molecule has 1 N–H and O–H groups in total. The first-order valence-electron chi connectivity index (χ1n) is 9.76. The average molecular weight is 408 g/mol. The average Bonchev–Trinajstić information content (AvgIpc) is 3.29. The van der Waals surface area contributed by atoms with Gasteiger partial charge in [0.25, 0.3) is 0 Å². The monoisotopic (exact) mass is 407 g/mol. The van der Waals surface area contributed by atoms with Crippen molar-refractivity contribution in [1.29, 1.82) is 0 Å². The van der Waals surface area contributed by atoms with Crippen LogP contribution in [0.5, 0.6) is 0 Å². The molecule has 0 saturated carbocycles. The predicted octanol–water partition coefficient (Wildman–Crippen LogP) is 1.73. The van der Waals surface area contributed by atoms with Crippen LogP contribution in [0.15, 0.2) is 29.2 Å². The molecule has 2 aliphatic rings. The van der Waals surface area contributed by atoms with Crippen LogP contribution in [0.4, 0.5) is 0 Å². The molecule has 7 nitrogen and oxygen atoms in total. The van der Waals surface area contributed by atoms with Crippen LogP contribution in [0.25, 0.3) is 0 Å². The third-order valence-corrected chi connectivity index (χ3v) is 7.31. The molecular formula is C20H29N3O4S. The van der Waals surface area contributed by atoms with Crippen LogP contribution in [0.3, 0.4) is 0 Å². The van der Waals surface area contributed by atoms with Gasteiger partial charge in [-0.2, -0.15) is 4.31 Å². The predicted molar refractivity (Wildman–Crippen MR) is 106 cm³/mol. The lowest BCUT2D eigenvalue weighted by Crippen LogP contribution is -2.43. The van der Waals surface area contributed by atoms with Gasteiger partial charge in [0.05, 0.1) is 10.8 Å². The maximum absolute atomic E-state index is 12.5. The van der Waals surface area contributed by atoms with Gasteiger partial charge in [0.2, 0.25) is 21.8 Å². The van der Waals surface area contributed by atoms with Crippen LogP contribution in [0, 0.1) is 5.92 Å². The molecule has 1 atom stereocenters. The highest BCUT2D eigenvalue weighted by molar-refractivity contribution is 7.89. The number of nitrogens with one attached hydrogen (secondary N) is 1. The van der Waals surface area contributed by atoms with E-state index < -0.39 is 10.0 Å². The molecule has 0 unspecified atom stereocenters. The van der Waals surface area contributed by atoms with E-state index in [4.69, 9.17) is 0 Å². The van der Waals surface area contributed by atoms with Gasteiger partial charge in [-0.25, -0.2) is 8.42 Å². The quantitative estimate of drug-likeness (QED) is 0.805. The number of carbonyl (C=O) groups is 2. The molecule has 28 heavy (non-hydrogen) atoms. The Balaban J connectivity index is 1.57. The number of amides is 2. The third kappa shape index (κ3) is 4.38. The summed E-state index contributed by atoms with van der Waals surface area (Å²) in [6, 6.07) is 6.64. The van der Waals surface area contributed by atoms with Crippen molar-refractivity contribution in [2.24, 2.45) is 5.92 Å². The first-order valence-corrected chi connectivity index (χ1v) is 11.2. The maximum atomic E-state index is 12.5. The Morgan fingerprint density at radius 2 is 1.75 bits per heavy atom. The second-order valence-corrected chi connectivity index (χ2v) is 10.5. The summed E-state index contributed by atoms with van der Waals surface area (Å²) in [6.45, 7) is 7.77. The molecule has 1 aromatic rings. The van der Waals surface area contributed by atoms with Gasteiger partial charge in [0.1, 0.15) is 0 Å². The van der Waals surface area contributed by atoms with Gasteiger partial charge in [-0.05, 0) is 51.3 Å². The summed E-state index contributed by atoms with van der Waals surface area (Å²) in [7, 11) is -3.42. The Bertz CT molecular complexity index is 837. The van der Waals surface area contributed by atoms with Gasteiger partial charge < -0.3 is 10.2 Å². The van der Waals surface area contributed by atoms with E-state index in [9.17, 15) is 18.0 Å². The molecule has 8 heteroatoms. The largest absolute Gasteiger partial charge is 0.352 e. The van der Waals surface area contributed by atoms with Gasteiger partial charge in [0, 0.05) is 38.1 Å². The van der Waals surface area contributed by atoms with Crippen molar-refractivity contribution < 1.29 is 18.0 Å². The minimum absolute atomic E-state index is 0.00382. The molecule has 2 saturated heterocycles. The number of nitrogens with zero attached hydrogens (tertiary/aromatic N) is 2. The summed E-state index contributed by atoms with van der Waals surface area (Å²) in [5.41, 5.74) is 0.536. The molecule has 0 aliphatic carbocycles. The maximum Gasteiger partial charge on any atom is 0.243 e. The first-order chi connectivity index (χ1) is 13.1. The minimum atomic E-state index is -3.42. The lowest BCUT2D eigenvalue weighted by molar-refractivity contribution is -0.132. The fourth-order valence-corrected chi connectivity index (χ4v) is 5.24. The van der Waals surface area contributed by atoms with E-state index in [1.807, 2.05) is 20.8 Å². The molecule has 0 spiro atoms. The molecule has 3 rings (SSSR count). The fourth-order valence-electron chi connectivity index (χ4n) is 3.72. The van der Waals surface area contributed by atoms with Gasteiger partial charge in [-0.1, -0.05) is 12.1 Å². The highest BCUT2D eigenvalue weighted by atomic mass is 32.2. The molecule has 154 valence electrons. The summed E-state index contributed by atoms with van der Waals surface area (Å²) < 4.78 is 26.6. The van der Waals surface area contributed by atoms with Crippen LogP contribution >= 0.6 is 0 Å². The van der Waals surface area contributed by atoms with E-state index in [2.05, 4.69) is 5.32 Å². The number of hydrogen-bond donors (Lipinski definition) is 1. The lowest BCUT2D eigenvalue weighted by atomic mass is 10.1. The highest BCUT2D eigenvalue weighted by Gasteiger charge is 2.39. The smallest absolute Gasteiger partial charge is 0.243 e. The van der Waals surface area contributed by atoms with Crippen molar-refractivity contribution >= 4 is 21.8 Å². The number of sulfonamides is 1. The van der Waals surface area contributed by atoms with Crippen LogP contribution in [-0.2, 0) is 26.2 Å². The van der Waals surface area contributed by atoms with E-state index in [1.165, 1.54) is 4.31 Å². The Labute approximate surface area is 167 Å². The number of carbonyl (C=O) groups excluding carboxylic acids is 2. The zero-order valence-corrected chi connectivity index (χ0v) is 17.6. The molecule has 0 bridgehead atoms. The summed E-state index contributed by atoms with van der Waals surface area (Å²) in [5, 5.41) is 2.87.